The zero-order chi connectivity index (χ0) is 21.0. The van der Waals surface area contributed by atoms with Crippen LogP contribution in [-0.4, -0.2) is 40.6 Å². The topological polar surface area (TPSA) is 73.4 Å². The van der Waals surface area contributed by atoms with E-state index in [-0.39, 0.29) is 11.3 Å². The maximum atomic E-state index is 13.3. The van der Waals surface area contributed by atoms with Crippen LogP contribution in [0.3, 0.4) is 0 Å². The molecule has 1 amide bonds. The van der Waals surface area contributed by atoms with Crippen molar-refractivity contribution in [2.24, 2.45) is 5.92 Å². The summed E-state index contributed by atoms with van der Waals surface area (Å²) in [6, 6.07) is 8.15. The molecule has 160 valence electrons. The van der Waals surface area contributed by atoms with Gasteiger partial charge in [-0.3, -0.25) is 9.48 Å². The standard InChI is InChI=1S/C24H26N4O3/c1-16-10-21(26-31-16)23(29)28-15-24(6-8-30-9-7-24)20-11-18(4-5-22(20)28)19-12-25-27(14-19)13-17-2-3-17/h4-5,10-12,14,17H,2-3,6-9,13,15H2,1H3. The number of benzene rings is 1. The van der Waals surface area contributed by atoms with Gasteiger partial charge in [0.05, 0.1) is 6.20 Å². The number of nitrogens with zero attached hydrogens (tertiary/aromatic N) is 4. The van der Waals surface area contributed by atoms with Crippen LogP contribution in [0.1, 0.15) is 47.5 Å². The smallest absolute Gasteiger partial charge is 0.280 e. The van der Waals surface area contributed by atoms with Gasteiger partial charge >= 0.3 is 0 Å². The van der Waals surface area contributed by atoms with Crippen molar-refractivity contribution >= 4 is 11.6 Å². The van der Waals surface area contributed by atoms with Crippen LogP contribution in [0.15, 0.2) is 41.2 Å². The minimum absolute atomic E-state index is 0.0813. The molecule has 2 aliphatic heterocycles. The Bertz CT molecular complexity index is 1140. The highest BCUT2D eigenvalue weighted by Gasteiger charge is 2.46. The number of aryl methyl sites for hydroxylation is 1. The molecule has 6 rings (SSSR count). The van der Waals surface area contributed by atoms with Crippen LogP contribution in [0, 0.1) is 12.8 Å². The minimum atomic E-state index is -0.105. The summed E-state index contributed by atoms with van der Waals surface area (Å²) < 4.78 is 12.9. The summed E-state index contributed by atoms with van der Waals surface area (Å²) in [6.45, 7) is 4.89. The van der Waals surface area contributed by atoms with Crippen LogP contribution in [-0.2, 0) is 16.7 Å². The van der Waals surface area contributed by atoms with Crippen LogP contribution in [0.4, 0.5) is 5.69 Å². The number of fused-ring (bicyclic) bond motifs is 2. The van der Waals surface area contributed by atoms with Gasteiger partial charge in [-0.1, -0.05) is 11.2 Å². The zero-order valence-electron chi connectivity index (χ0n) is 17.7. The lowest BCUT2D eigenvalue weighted by molar-refractivity contribution is 0.0546. The Hall–Kier alpha value is -2.93. The fraction of sp³-hybridized carbons (Fsp3) is 0.458. The maximum absolute atomic E-state index is 13.3. The van der Waals surface area contributed by atoms with E-state index in [9.17, 15) is 4.79 Å². The molecule has 0 radical (unpaired) electrons. The molecule has 1 aromatic carbocycles. The van der Waals surface area contributed by atoms with Gasteiger partial charge in [0.2, 0.25) is 0 Å². The van der Waals surface area contributed by atoms with Crippen molar-refractivity contribution in [2.45, 2.75) is 44.6 Å². The van der Waals surface area contributed by atoms with Gasteiger partial charge < -0.3 is 14.2 Å². The summed E-state index contributed by atoms with van der Waals surface area (Å²) in [5, 5.41) is 8.53. The maximum Gasteiger partial charge on any atom is 0.280 e. The Labute approximate surface area is 181 Å². The molecule has 3 aromatic rings. The summed E-state index contributed by atoms with van der Waals surface area (Å²) in [4.78, 5) is 15.1. The zero-order valence-corrected chi connectivity index (χ0v) is 17.7. The van der Waals surface area contributed by atoms with Crippen LogP contribution in [0.5, 0.6) is 0 Å². The second-order valence-corrected chi connectivity index (χ2v) is 9.23. The molecule has 1 saturated carbocycles. The van der Waals surface area contributed by atoms with E-state index in [2.05, 4.69) is 39.3 Å². The Morgan fingerprint density at radius 3 is 2.77 bits per heavy atom. The van der Waals surface area contributed by atoms with Crippen LogP contribution in [0.2, 0.25) is 0 Å². The summed E-state index contributed by atoms with van der Waals surface area (Å²) >= 11 is 0. The number of anilines is 1. The van der Waals surface area contributed by atoms with E-state index >= 15 is 0 Å². The van der Waals surface area contributed by atoms with Gasteiger partial charge in [-0.2, -0.15) is 5.10 Å². The Balaban J connectivity index is 1.38. The normalized spacial score (nSPS) is 19.7. The van der Waals surface area contributed by atoms with Crippen LogP contribution < -0.4 is 4.90 Å². The van der Waals surface area contributed by atoms with Gasteiger partial charge in [0.15, 0.2) is 5.69 Å². The number of carbonyl (C=O) groups excluding carboxylic acids is 1. The summed E-state index contributed by atoms with van der Waals surface area (Å²) in [7, 11) is 0. The third kappa shape index (κ3) is 3.28. The molecule has 31 heavy (non-hydrogen) atoms. The van der Waals surface area contributed by atoms with Gasteiger partial charge in [-0.15, -0.1) is 0 Å². The highest BCUT2D eigenvalue weighted by molar-refractivity contribution is 6.06. The Morgan fingerprint density at radius 1 is 1.19 bits per heavy atom. The first kappa shape index (κ1) is 18.8. The molecular formula is C24H26N4O3. The molecule has 7 heteroatoms. The van der Waals surface area contributed by atoms with Crippen molar-refractivity contribution in [1.29, 1.82) is 0 Å². The van der Waals surface area contributed by atoms with Gasteiger partial charge in [0.1, 0.15) is 5.76 Å². The number of hydrogen-bond acceptors (Lipinski definition) is 5. The Kier molecular flexibility index (Phi) is 4.28. The number of ether oxygens (including phenoxy) is 1. The molecule has 1 spiro atoms. The van der Waals surface area contributed by atoms with Crippen molar-refractivity contribution < 1.29 is 14.1 Å². The third-order valence-electron chi connectivity index (χ3n) is 6.97. The number of rotatable bonds is 4. The molecule has 2 aromatic heterocycles. The first-order valence-electron chi connectivity index (χ1n) is 11.1. The SMILES string of the molecule is Cc1cc(C(=O)N2CC3(CCOCC3)c3cc(-c4cnn(CC5CC5)c4)ccc32)no1. The van der Waals surface area contributed by atoms with Crippen molar-refractivity contribution in [3.05, 3.63) is 53.7 Å². The van der Waals surface area contributed by atoms with Gasteiger partial charge in [-0.25, -0.2) is 0 Å². The van der Waals surface area contributed by atoms with E-state index in [1.807, 2.05) is 11.1 Å². The highest BCUT2D eigenvalue weighted by Crippen LogP contribution is 2.48. The molecular weight excluding hydrogens is 392 g/mol. The lowest BCUT2D eigenvalue weighted by Gasteiger charge is -2.34. The van der Waals surface area contributed by atoms with Crippen molar-refractivity contribution in [3.8, 4) is 11.1 Å². The number of hydrogen-bond donors (Lipinski definition) is 0. The van der Waals surface area contributed by atoms with E-state index in [1.165, 1.54) is 18.4 Å². The number of aromatic nitrogens is 3. The molecule has 1 saturated heterocycles. The second-order valence-electron chi connectivity index (χ2n) is 9.23. The monoisotopic (exact) mass is 418 g/mol. The number of carbonyl (C=O) groups is 1. The van der Waals surface area contributed by atoms with E-state index in [0.717, 1.165) is 42.1 Å². The largest absolute Gasteiger partial charge is 0.381 e. The quantitative estimate of drug-likeness (QED) is 0.641. The third-order valence-corrected chi connectivity index (χ3v) is 6.97. The van der Waals surface area contributed by atoms with Crippen molar-refractivity contribution in [2.75, 3.05) is 24.7 Å². The second kappa shape index (κ2) is 7.05. The first-order chi connectivity index (χ1) is 15.1. The summed E-state index contributed by atoms with van der Waals surface area (Å²) in [5.74, 6) is 1.33. The molecule has 0 atom stereocenters. The van der Waals surface area contributed by atoms with Crippen molar-refractivity contribution in [1.82, 2.24) is 14.9 Å². The summed E-state index contributed by atoms with van der Waals surface area (Å²) in [6.07, 6.45) is 8.54. The lowest BCUT2D eigenvalue weighted by atomic mass is 9.75. The van der Waals surface area contributed by atoms with Crippen LogP contribution in [0.25, 0.3) is 11.1 Å². The van der Waals surface area contributed by atoms with Gasteiger partial charge in [0, 0.05) is 55.2 Å². The van der Waals surface area contributed by atoms with Gasteiger partial charge in [0.25, 0.3) is 5.91 Å². The molecule has 1 aliphatic carbocycles. The highest BCUT2D eigenvalue weighted by atomic mass is 16.5. The Morgan fingerprint density at radius 2 is 2.03 bits per heavy atom. The van der Waals surface area contributed by atoms with Gasteiger partial charge in [-0.05, 0) is 61.8 Å². The molecule has 3 aliphatic rings. The molecule has 2 fully saturated rings. The predicted octanol–water partition coefficient (Wildman–Crippen LogP) is 3.97. The molecule has 4 heterocycles. The van der Waals surface area contributed by atoms with Crippen molar-refractivity contribution in [3.63, 3.8) is 0 Å². The van der Waals surface area contributed by atoms with Crippen LogP contribution >= 0.6 is 0 Å². The molecule has 7 nitrogen and oxygen atoms in total. The fourth-order valence-electron chi connectivity index (χ4n) is 5.00. The number of amides is 1. The molecule has 0 bridgehead atoms. The van der Waals surface area contributed by atoms with E-state index in [0.29, 0.717) is 31.2 Å². The fourth-order valence-corrected chi connectivity index (χ4v) is 5.00. The average Bonchev–Trinajstić information content (AvgIpc) is 3.17. The van der Waals surface area contributed by atoms with E-state index < -0.39 is 0 Å². The molecule has 0 N–H and O–H groups in total. The average molecular weight is 418 g/mol. The van der Waals surface area contributed by atoms with E-state index in [1.54, 1.807) is 13.0 Å². The molecule has 0 unspecified atom stereocenters. The first-order valence-corrected chi connectivity index (χ1v) is 11.1. The predicted molar refractivity (Wildman–Crippen MR) is 115 cm³/mol. The summed E-state index contributed by atoms with van der Waals surface area (Å²) in [5.41, 5.74) is 4.76. The minimum Gasteiger partial charge on any atom is -0.381 e. The lowest BCUT2D eigenvalue weighted by Crippen LogP contribution is -2.40. The van der Waals surface area contributed by atoms with E-state index in [4.69, 9.17) is 9.26 Å².